The summed E-state index contributed by atoms with van der Waals surface area (Å²) >= 11 is 3.49. The Morgan fingerprint density at radius 1 is 1.42 bits per heavy atom. The average molecular weight is 327 g/mol. The highest BCUT2D eigenvalue weighted by molar-refractivity contribution is 9.10. The van der Waals surface area contributed by atoms with Gasteiger partial charge in [0.1, 0.15) is 5.69 Å². The summed E-state index contributed by atoms with van der Waals surface area (Å²) < 4.78 is 3.14. The maximum atomic E-state index is 12.8. The SMILES string of the molecule is CC(C)CN(C(=O)c1cc(Br)cn1C1CC1)C(C)C. The first-order valence-corrected chi connectivity index (χ1v) is 7.87. The Bertz CT molecular complexity index is 461. The van der Waals surface area contributed by atoms with E-state index < -0.39 is 0 Å². The third-order valence-electron chi connectivity index (χ3n) is 3.42. The van der Waals surface area contributed by atoms with Gasteiger partial charge in [-0.05, 0) is 54.6 Å². The molecule has 1 aliphatic carbocycles. The fraction of sp³-hybridized carbons (Fsp3) is 0.667. The zero-order valence-corrected chi connectivity index (χ0v) is 13.8. The van der Waals surface area contributed by atoms with E-state index in [0.717, 1.165) is 16.7 Å². The number of aromatic nitrogens is 1. The lowest BCUT2D eigenvalue weighted by Gasteiger charge is -2.29. The molecule has 0 aromatic carbocycles. The van der Waals surface area contributed by atoms with Crippen LogP contribution in [0.25, 0.3) is 0 Å². The van der Waals surface area contributed by atoms with E-state index in [4.69, 9.17) is 0 Å². The summed E-state index contributed by atoms with van der Waals surface area (Å²) in [5.74, 6) is 0.639. The van der Waals surface area contributed by atoms with Gasteiger partial charge in [0, 0.05) is 29.3 Å². The Morgan fingerprint density at radius 3 is 2.53 bits per heavy atom. The number of amides is 1. The van der Waals surface area contributed by atoms with Crippen molar-refractivity contribution in [1.29, 1.82) is 0 Å². The highest BCUT2D eigenvalue weighted by Crippen LogP contribution is 2.37. The van der Waals surface area contributed by atoms with Gasteiger partial charge in [-0.3, -0.25) is 4.79 Å². The van der Waals surface area contributed by atoms with Gasteiger partial charge in [0.25, 0.3) is 5.91 Å². The number of rotatable bonds is 5. The maximum Gasteiger partial charge on any atom is 0.270 e. The largest absolute Gasteiger partial charge is 0.339 e. The lowest BCUT2D eigenvalue weighted by atomic mass is 10.1. The molecule has 3 nitrogen and oxygen atoms in total. The molecule has 1 aromatic heterocycles. The fourth-order valence-corrected chi connectivity index (χ4v) is 2.78. The molecule has 1 aromatic rings. The molecule has 2 rings (SSSR count). The quantitative estimate of drug-likeness (QED) is 0.799. The highest BCUT2D eigenvalue weighted by atomic mass is 79.9. The lowest BCUT2D eigenvalue weighted by Crippen LogP contribution is -2.40. The molecule has 0 aliphatic heterocycles. The first-order valence-electron chi connectivity index (χ1n) is 7.08. The third kappa shape index (κ3) is 3.41. The van der Waals surface area contributed by atoms with Crippen molar-refractivity contribution in [3.63, 3.8) is 0 Å². The summed E-state index contributed by atoms with van der Waals surface area (Å²) in [6.45, 7) is 9.28. The van der Waals surface area contributed by atoms with Crippen LogP contribution in [0.3, 0.4) is 0 Å². The van der Waals surface area contributed by atoms with E-state index in [1.165, 1.54) is 12.8 Å². The Labute approximate surface area is 124 Å². The van der Waals surface area contributed by atoms with Crippen molar-refractivity contribution < 1.29 is 4.79 Å². The Kier molecular flexibility index (Phi) is 4.39. The molecule has 106 valence electrons. The van der Waals surface area contributed by atoms with Gasteiger partial charge in [-0.1, -0.05) is 13.8 Å². The van der Waals surface area contributed by atoms with Crippen molar-refractivity contribution in [2.24, 2.45) is 5.92 Å². The van der Waals surface area contributed by atoms with E-state index in [-0.39, 0.29) is 11.9 Å². The predicted octanol–water partition coefficient (Wildman–Crippen LogP) is 4.09. The van der Waals surface area contributed by atoms with Crippen LogP contribution in [0.1, 0.15) is 57.1 Å². The van der Waals surface area contributed by atoms with Crippen LogP contribution in [0.5, 0.6) is 0 Å². The smallest absolute Gasteiger partial charge is 0.270 e. The van der Waals surface area contributed by atoms with Gasteiger partial charge in [0.15, 0.2) is 0 Å². The second-order valence-corrected chi connectivity index (χ2v) is 7.04. The molecule has 1 heterocycles. The summed E-state index contributed by atoms with van der Waals surface area (Å²) in [5.41, 5.74) is 0.823. The van der Waals surface area contributed by atoms with Crippen LogP contribution in [0, 0.1) is 5.92 Å². The second kappa shape index (κ2) is 5.70. The van der Waals surface area contributed by atoms with Crippen molar-refractivity contribution in [1.82, 2.24) is 9.47 Å². The minimum absolute atomic E-state index is 0.154. The van der Waals surface area contributed by atoms with Gasteiger partial charge in [-0.25, -0.2) is 0 Å². The van der Waals surface area contributed by atoms with Crippen molar-refractivity contribution in [3.8, 4) is 0 Å². The zero-order chi connectivity index (χ0) is 14.2. The molecule has 1 aliphatic rings. The highest BCUT2D eigenvalue weighted by Gasteiger charge is 2.30. The summed E-state index contributed by atoms with van der Waals surface area (Å²) in [7, 11) is 0. The number of hydrogen-bond donors (Lipinski definition) is 0. The molecule has 0 bridgehead atoms. The number of carbonyl (C=O) groups excluding carboxylic acids is 1. The van der Waals surface area contributed by atoms with E-state index in [0.29, 0.717) is 12.0 Å². The van der Waals surface area contributed by atoms with Gasteiger partial charge >= 0.3 is 0 Å². The topological polar surface area (TPSA) is 25.2 Å². The lowest BCUT2D eigenvalue weighted by molar-refractivity contribution is 0.0670. The van der Waals surface area contributed by atoms with Crippen LogP contribution >= 0.6 is 15.9 Å². The second-order valence-electron chi connectivity index (χ2n) is 6.13. The molecule has 1 fully saturated rings. The summed E-state index contributed by atoms with van der Waals surface area (Å²) in [5, 5.41) is 0. The average Bonchev–Trinajstić information content (AvgIpc) is 3.08. The first kappa shape index (κ1) is 14.6. The van der Waals surface area contributed by atoms with Crippen LogP contribution in [-0.4, -0.2) is 28.0 Å². The van der Waals surface area contributed by atoms with E-state index in [1.807, 2.05) is 17.2 Å². The van der Waals surface area contributed by atoms with E-state index >= 15 is 0 Å². The van der Waals surface area contributed by atoms with Crippen molar-refractivity contribution in [2.45, 2.75) is 52.6 Å². The molecule has 0 unspecified atom stereocenters. The molecular weight excluding hydrogens is 304 g/mol. The summed E-state index contributed by atoms with van der Waals surface area (Å²) in [6, 6.07) is 2.71. The maximum absolute atomic E-state index is 12.8. The van der Waals surface area contributed by atoms with Crippen LogP contribution in [0.4, 0.5) is 0 Å². The minimum atomic E-state index is 0.154. The molecule has 0 spiro atoms. The minimum Gasteiger partial charge on any atom is -0.339 e. The molecule has 0 N–H and O–H groups in total. The van der Waals surface area contributed by atoms with Gasteiger partial charge < -0.3 is 9.47 Å². The number of carbonyl (C=O) groups is 1. The van der Waals surface area contributed by atoms with Crippen molar-refractivity contribution in [2.75, 3.05) is 6.54 Å². The Morgan fingerprint density at radius 2 is 2.05 bits per heavy atom. The number of hydrogen-bond acceptors (Lipinski definition) is 1. The molecule has 19 heavy (non-hydrogen) atoms. The molecule has 0 saturated heterocycles. The predicted molar refractivity (Wildman–Crippen MR) is 81.4 cm³/mol. The monoisotopic (exact) mass is 326 g/mol. The third-order valence-corrected chi connectivity index (χ3v) is 3.85. The normalized spacial score (nSPS) is 15.3. The molecular formula is C15H23BrN2O. The van der Waals surface area contributed by atoms with E-state index in [9.17, 15) is 4.79 Å². The Hall–Kier alpha value is -0.770. The molecule has 1 amide bonds. The fourth-order valence-electron chi connectivity index (χ4n) is 2.34. The number of nitrogens with zero attached hydrogens (tertiary/aromatic N) is 2. The van der Waals surface area contributed by atoms with E-state index in [2.05, 4.69) is 48.2 Å². The van der Waals surface area contributed by atoms with Gasteiger partial charge in [0.2, 0.25) is 0 Å². The summed E-state index contributed by atoms with van der Waals surface area (Å²) in [4.78, 5) is 14.7. The standard InChI is InChI=1S/C15H23BrN2O/c1-10(2)8-17(11(3)4)15(19)14-7-12(16)9-18(14)13-5-6-13/h7,9-11,13H,5-6,8H2,1-4H3. The Balaban J connectivity index is 2.25. The van der Waals surface area contributed by atoms with Crippen LogP contribution in [0.2, 0.25) is 0 Å². The van der Waals surface area contributed by atoms with Gasteiger partial charge in [-0.15, -0.1) is 0 Å². The van der Waals surface area contributed by atoms with Crippen LogP contribution in [-0.2, 0) is 0 Å². The van der Waals surface area contributed by atoms with Gasteiger partial charge in [-0.2, -0.15) is 0 Å². The molecule has 1 saturated carbocycles. The van der Waals surface area contributed by atoms with Crippen LogP contribution in [0.15, 0.2) is 16.7 Å². The van der Waals surface area contributed by atoms with Gasteiger partial charge in [0.05, 0.1) is 0 Å². The van der Waals surface area contributed by atoms with Crippen LogP contribution < -0.4 is 0 Å². The van der Waals surface area contributed by atoms with Crippen molar-refractivity contribution in [3.05, 3.63) is 22.4 Å². The molecule has 0 radical (unpaired) electrons. The zero-order valence-electron chi connectivity index (χ0n) is 12.2. The molecule has 0 atom stereocenters. The van der Waals surface area contributed by atoms with Crippen molar-refractivity contribution >= 4 is 21.8 Å². The number of halogens is 1. The first-order chi connectivity index (χ1) is 8.90. The van der Waals surface area contributed by atoms with E-state index in [1.54, 1.807) is 0 Å². The molecule has 4 heteroatoms. The summed E-state index contributed by atoms with van der Waals surface area (Å²) in [6.07, 6.45) is 4.42.